The van der Waals surface area contributed by atoms with Gasteiger partial charge in [0.25, 0.3) is 0 Å². The van der Waals surface area contributed by atoms with E-state index in [0.29, 0.717) is 29.2 Å². The highest BCUT2D eigenvalue weighted by atomic mass is 32.1. The molecule has 5 rings (SSSR count). The summed E-state index contributed by atoms with van der Waals surface area (Å²) in [4.78, 5) is 30.6. The Hall–Kier alpha value is -4.26. The number of anilines is 1. The molecular formula is C32H35N5O3S. The average molecular weight is 570 g/mol. The lowest BCUT2D eigenvalue weighted by atomic mass is 9.85. The number of fused-ring (bicyclic) bond motifs is 4. The average Bonchev–Trinajstić information content (AvgIpc) is 3.55. The van der Waals surface area contributed by atoms with Crippen LogP contribution in [0.5, 0.6) is 0 Å². The molecule has 1 unspecified atom stereocenters. The van der Waals surface area contributed by atoms with E-state index in [9.17, 15) is 9.59 Å². The summed E-state index contributed by atoms with van der Waals surface area (Å²) in [7, 11) is 0. The summed E-state index contributed by atoms with van der Waals surface area (Å²) in [5.74, 6) is -0.463. The normalized spacial score (nSPS) is 12.8. The van der Waals surface area contributed by atoms with Crippen molar-refractivity contribution in [1.82, 2.24) is 10.3 Å². The molecule has 0 radical (unpaired) electrons. The first-order valence-corrected chi connectivity index (χ1v) is 14.5. The number of hydrogen-bond acceptors (Lipinski definition) is 7. The third kappa shape index (κ3) is 6.73. The Kier molecular flexibility index (Phi) is 9.38. The molecule has 1 aliphatic carbocycles. The molecule has 1 aromatic heterocycles. The third-order valence-electron chi connectivity index (χ3n) is 7.01. The molecule has 1 aliphatic rings. The molecule has 1 atom stereocenters. The number of amides is 2. The van der Waals surface area contributed by atoms with E-state index in [2.05, 4.69) is 39.9 Å². The number of carbonyl (C=O) groups excluding carboxylic acids is 2. The maximum absolute atomic E-state index is 13.3. The highest BCUT2D eigenvalue weighted by Gasteiger charge is 2.32. The van der Waals surface area contributed by atoms with E-state index in [4.69, 9.17) is 15.7 Å². The number of hydrogen-bond donors (Lipinski definition) is 3. The number of nitriles is 1. The summed E-state index contributed by atoms with van der Waals surface area (Å²) in [6.45, 7) is 8.38. The molecule has 41 heavy (non-hydrogen) atoms. The van der Waals surface area contributed by atoms with Gasteiger partial charge in [-0.1, -0.05) is 76.2 Å². The third-order valence-corrected chi connectivity index (χ3v) is 7.94. The maximum atomic E-state index is 13.3. The Labute approximate surface area is 244 Å². The number of rotatable bonds is 8. The lowest BCUT2D eigenvalue weighted by Gasteiger charge is -2.28. The van der Waals surface area contributed by atoms with Crippen molar-refractivity contribution >= 4 is 39.2 Å². The zero-order valence-electron chi connectivity index (χ0n) is 23.7. The molecule has 0 aliphatic heterocycles. The molecule has 0 spiro atoms. The molecule has 3 aromatic carbocycles. The van der Waals surface area contributed by atoms with Gasteiger partial charge in [0.2, 0.25) is 5.91 Å². The number of ether oxygens (including phenoxy) is 1. The van der Waals surface area contributed by atoms with Gasteiger partial charge in [-0.05, 0) is 58.8 Å². The fourth-order valence-corrected chi connectivity index (χ4v) is 5.71. The van der Waals surface area contributed by atoms with Gasteiger partial charge in [-0.15, -0.1) is 11.3 Å². The number of nitrogens with zero attached hydrogens (tertiary/aromatic N) is 2. The molecule has 0 bridgehead atoms. The van der Waals surface area contributed by atoms with Crippen LogP contribution in [0.1, 0.15) is 56.2 Å². The van der Waals surface area contributed by atoms with Crippen LogP contribution in [0.2, 0.25) is 0 Å². The largest absolute Gasteiger partial charge is 0.449 e. The van der Waals surface area contributed by atoms with Gasteiger partial charge in [-0.3, -0.25) is 4.79 Å². The summed E-state index contributed by atoms with van der Waals surface area (Å²) in [6, 6.07) is 22.7. The van der Waals surface area contributed by atoms with Gasteiger partial charge in [0.05, 0.1) is 10.2 Å². The fraction of sp³-hybridized carbons (Fsp3) is 0.312. The Morgan fingerprint density at radius 2 is 1.71 bits per heavy atom. The minimum Gasteiger partial charge on any atom is -0.449 e. The van der Waals surface area contributed by atoms with Crippen molar-refractivity contribution in [2.75, 3.05) is 18.5 Å². The lowest BCUT2D eigenvalue weighted by Crippen LogP contribution is -2.47. The number of alkyl carbamates (subject to hydrolysis) is 1. The monoisotopic (exact) mass is 569 g/mol. The molecule has 0 saturated heterocycles. The Morgan fingerprint density at radius 1 is 1.07 bits per heavy atom. The minimum atomic E-state index is -0.869. The smallest absolute Gasteiger partial charge is 0.407 e. The molecule has 212 valence electrons. The number of nitrogens with one attached hydrogen (secondary N) is 2. The first-order chi connectivity index (χ1) is 19.8. The Morgan fingerprint density at radius 3 is 2.32 bits per heavy atom. The number of carbonyl (C=O) groups is 2. The number of thiazole rings is 1. The maximum Gasteiger partial charge on any atom is 0.407 e. The van der Waals surface area contributed by atoms with Crippen LogP contribution in [0.3, 0.4) is 0 Å². The van der Waals surface area contributed by atoms with Crippen LogP contribution in [0.4, 0.5) is 10.5 Å². The van der Waals surface area contributed by atoms with E-state index in [-0.39, 0.29) is 18.4 Å². The summed E-state index contributed by atoms with van der Waals surface area (Å²) in [5.41, 5.74) is 11.3. The van der Waals surface area contributed by atoms with Gasteiger partial charge in [-0.25, -0.2) is 9.78 Å². The van der Waals surface area contributed by atoms with Crippen molar-refractivity contribution in [1.29, 1.82) is 5.26 Å². The van der Waals surface area contributed by atoms with Crippen molar-refractivity contribution in [3.8, 4) is 17.2 Å². The van der Waals surface area contributed by atoms with Crippen LogP contribution in [-0.4, -0.2) is 36.2 Å². The number of nitrogens with two attached hydrogens (primary N) is 1. The van der Waals surface area contributed by atoms with Crippen molar-refractivity contribution in [3.05, 3.63) is 82.9 Å². The minimum absolute atomic E-state index is 0.0830. The van der Waals surface area contributed by atoms with Gasteiger partial charge >= 0.3 is 6.09 Å². The van der Waals surface area contributed by atoms with Crippen LogP contribution >= 0.6 is 11.3 Å². The molecule has 9 heteroatoms. The quantitative estimate of drug-likeness (QED) is 0.225. The first kappa shape index (κ1) is 29.7. The molecule has 4 N–H and O–H groups in total. The Balaban J connectivity index is 0.00000189. The fourth-order valence-electron chi connectivity index (χ4n) is 4.91. The number of aromatic nitrogens is 1. The SMILES string of the molecule is CC.CC(C)(CN)CC(NC(=O)OCC1c2ccccc2-c2ccccc21)C(=O)Nc1ccc2nc(C#N)sc2c1. The molecule has 2 amide bonds. The van der Waals surface area contributed by atoms with E-state index in [1.807, 2.05) is 58.0 Å². The van der Waals surface area contributed by atoms with E-state index < -0.39 is 17.6 Å². The predicted octanol–water partition coefficient (Wildman–Crippen LogP) is 6.41. The van der Waals surface area contributed by atoms with E-state index in [1.54, 1.807) is 18.2 Å². The topological polar surface area (TPSA) is 130 Å². The first-order valence-electron chi connectivity index (χ1n) is 13.7. The van der Waals surface area contributed by atoms with Gasteiger partial charge in [-0.2, -0.15) is 5.26 Å². The molecule has 8 nitrogen and oxygen atoms in total. The predicted molar refractivity (Wildman–Crippen MR) is 164 cm³/mol. The summed E-state index contributed by atoms with van der Waals surface area (Å²) >= 11 is 1.25. The second-order valence-electron chi connectivity index (χ2n) is 10.4. The van der Waals surface area contributed by atoms with E-state index in [1.165, 1.54) is 11.3 Å². The second-order valence-corrected chi connectivity index (χ2v) is 11.4. The zero-order valence-corrected chi connectivity index (χ0v) is 24.5. The number of benzene rings is 3. The molecule has 4 aromatic rings. The van der Waals surface area contributed by atoms with Crippen LogP contribution in [0.15, 0.2) is 66.7 Å². The zero-order chi connectivity index (χ0) is 29.6. The van der Waals surface area contributed by atoms with Gasteiger partial charge in [0, 0.05) is 11.6 Å². The van der Waals surface area contributed by atoms with Gasteiger partial charge in [0.1, 0.15) is 18.7 Å². The van der Waals surface area contributed by atoms with E-state index in [0.717, 1.165) is 27.0 Å². The summed E-state index contributed by atoms with van der Waals surface area (Å²) in [5, 5.41) is 15.1. The van der Waals surface area contributed by atoms with E-state index >= 15 is 0 Å². The van der Waals surface area contributed by atoms with Crippen LogP contribution in [0, 0.1) is 16.7 Å². The van der Waals surface area contributed by atoms with Crippen molar-refractivity contribution in [2.45, 2.75) is 46.1 Å². The van der Waals surface area contributed by atoms with Gasteiger partial charge in [0.15, 0.2) is 5.01 Å². The highest BCUT2D eigenvalue weighted by Crippen LogP contribution is 2.44. The van der Waals surface area contributed by atoms with Crippen molar-refractivity contribution in [2.24, 2.45) is 11.1 Å². The second kappa shape index (κ2) is 12.9. The Bertz CT molecular complexity index is 1540. The van der Waals surface area contributed by atoms with Crippen LogP contribution < -0.4 is 16.4 Å². The van der Waals surface area contributed by atoms with Crippen LogP contribution in [-0.2, 0) is 9.53 Å². The standard InChI is InChI=1S/C30H29N5O3S.C2H6/c1-30(2,17-32)14-25(28(36)33-18-11-12-24-26(13-18)39-27(15-31)34-24)35-29(37)38-16-23-21-9-5-3-7-19(21)20-8-4-6-10-22(20)23;1-2/h3-13,23,25H,14,16-17,32H2,1-2H3,(H,33,36)(H,35,37);1-2H3. The molecule has 0 saturated carbocycles. The molecule has 0 fully saturated rings. The van der Waals surface area contributed by atoms with Crippen molar-refractivity contribution < 1.29 is 14.3 Å². The van der Waals surface area contributed by atoms with Gasteiger partial charge < -0.3 is 21.1 Å². The molecule has 1 heterocycles. The van der Waals surface area contributed by atoms with Crippen LogP contribution in [0.25, 0.3) is 21.3 Å². The highest BCUT2D eigenvalue weighted by molar-refractivity contribution is 7.19. The molecular weight excluding hydrogens is 534 g/mol. The van der Waals surface area contributed by atoms with Crippen molar-refractivity contribution in [3.63, 3.8) is 0 Å². The lowest BCUT2D eigenvalue weighted by molar-refractivity contribution is -0.118. The summed E-state index contributed by atoms with van der Waals surface area (Å²) in [6.07, 6.45) is -0.345. The summed E-state index contributed by atoms with van der Waals surface area (Å²) < 4.78 is 6.48.